The van der Waals surface area contributed by atoms with E-state index in [1.165, 1.54) is 39.5 Å². The number of rotatable bonds is 8. The molecule has 36 heavy (non-hydrogen) atoms. The van der Waals surface area contributed by atoms with Crippen LogP contribution in [0.2, 0.25) is 0 Å². The summed E-state index contributed by atoms with van der Waals surface area (Å²) in [4.78, 5) is 0. The first-order valence-electron chi connectivity index (χ1n) is 8.88. The van der Waals surface area contributed by atoms with Crippen molar-refractivity contribution < 1.29 is 70.5 Å². The largest absolute Gasteiger partial charge is 0.534 e. The molecule has 204 valence electrons. The zero-order valence-electron chi connectivity index (χ0n) is 18.6. The molecule has 2 rings (SSSR count). The number of halogens is 6. The second-order valence-corrected chi connectivity index (χ2v) is 9.05. The Kier molecular flexibility index (Phi) is 9.94. The van der Waals surface area contributed by atoms with E-state index in [0.29, 0.717) is 0 Å². The molecule has 0 bridgehead atoms. The van der Waals surface area contributed by atoms with E-state index in [9.17, 15) is 43.2 Å². The van der Waals surface area contributed by atoms with Crippen LogP contribution in [0.25, 0.3) is 0 Å². The van der Waals surface area contributed by atoms with E-state index < -0.39 is 42.8 Å². The first-order chi connectivity index (χ1) is 16.4. The lowest BCUT2D eigenvalue weighted by atomic mass is 10.3. The molecule has 0 saturated carbocycles. The minimum Gasteiger partial charge on any atom is -0.493 e. The normalized spacial score (nSPS) is 12.1. The average molecular weight is 572 g/mol. The Morgan fingerprint density at radius 2 is 1.06 bits per heavy atom. The number of alkyl halides is 6. The second-order valence-electron chi connectivity index (χ2n) is 5.97. The predicted molar refractivity (Wildman–Crippen MR) is 110 cm³/mol. The summed E-state index contributed by atoms with van der Waals surface area (Å²) in [6.07, 6.45) is 0. The molecule has 0 amide bonds. The lowest BCUT2D eigenvalue weighted by molar-refractivity contribution is -0.0505. The fourth-order valence-corrected chi connectivity index (χ4v) is 3.04. The molecule has 0 heterocycles. The number of benzene rings is 2. The predicted octanol–water partition coefficient (Wildman–Crippen LogP) is 3.86. The molecule has 0 aromatic heterocycles. The fourth-order valence-electron chi connectivity index (χ4n) is 2.13. The summed E-state index contributed by atoms with van der Waals surface area (Å²) < 4.78 is 143. The first kappa shape index (κ1) is 30.8. The van der Waals surface area contributed by atoms with Gasteiger partial charge in [-0.2, -0.15) is 43.2 Å². The van der Waals surface area contributed by atoms with Crippen molar-refractivity contribution >= 4 is 20.2 Å². The fraction of sp³-hybridized carbons (Fsp3) is 0.333. The number of methoxy groups -OCH3 is 4. The van der Waals surface area contributed by atoms with E-state index in [0.717, 1.165) is 25.3 Å². The van der Waals surface area contributed by atoms with Gasteiger partial charge >= 0.3 is 31.3 Å². The molecule has 2 aromatic carbocycles. The molecule has 0 aliphatic rings. The molecule has 2 aromatic rings. The number of hydrogen-bond acceptors (Lipinski definition) is 10. The highest BCUT2D eigenvalue weighted by Gasteiger charge is 2.49. The summed E-state index contributed by atoms with van der Waals surface area (Å²) in [6.45, 7) is 0. The van der Waals surface area contributed by atoms with Crippen LogP contribution in [0.1, 0.15) is 0 Å². The number of hydrogen-bond donors (Lipinski definition) is 0. The van der Waals surface area contributed by atoms with Crippen molar-refractivity contribution in [2.75, 3.05) is 28.4 Å². The molecule has 0 aliphatic carbocycles. The van der Waals surface area contributed by atoms with Gasteiger partial charge in [-0.15, -0.1) is 0 Å². The third-order valence-corrected chi connectivity index (χ3v) is 5.64. The molecule has 0 radical (unpaired) electrons. The van der Waals surface area contributed by atoms with Crippen LogP contribution in [0, 0.1) is 0 Å². The Morgan fingerprint density at radius 1 is 0.583 bits per heavy atom. The van der Waals surface area contributed by atoms with Crippen LogP contribution in [-0.2, 0) is 20.2 Å². The SMILES string of the molecule is COc1ccc(OS(=O)(=O)C(F)(F)F)cc1OC.COc1cccc(OS(=O)(=O)C(F)(F)F)c1OC. The zero-order chi connectivity index (χ0) is 27.9. The Balaban J connectivity index is 0.000000360. The second kappa shape index (κ2) is 11.6. The van der Waals surface area contributed by atoms with Gasteiger partial charge in [0.25, 0.3) is 0 Å². The molecule has 18 heteroatoms. The number of para-hydroxylation sites is 1. The van der Waals surface area contributed by atoms with E-state index in [1.54, 1.807) is 0 Å². The van der Waals surface area contributed by atoms with Gasteiger partial charge in [-0.3, -0.25) is 0 Å². The molecule has 0 fully saturated rings. The standard InChI is InChI=1S/2C9H9F3O5S/c1-15-7-4-3-6(5-8(7)16-2)17-18(13,14)9(10,11)12;1-15-6-4-3-5-7(8(6)16-2)17-18(13,14)9(10,11)12/h2*3-5H,1-2H3. The van der Waals surface area contributed by atoms with Crippen LogP contribution < -0.4 is 27.3 Å². The highest BCUT2D eigenvalue weighted by molar-refractivity contribution is 7.88. The molecule has 0 atom stereocenters. The average Bonchev–Trinajstić information content (AvgIpc) is 2.77. The minimum atomic E-state index is -5.74. The molecule has 0 saturated heterocycles. The summed E-state index contributed by atoms with van der Waals surface area (Å²) in [5, 5.41) is 0. The van der Waals surface area contributed by atoms with Gasteiger partial charge in [-0.25, -0.2) is 0 Å². The Hall–Kier alpha value is -3.28. The monoisotopic (exact) mass is 572 g/mol. The minimum absolute atomic E-state index is 0.0485. The van der Waals surface area contributed by atoms with Crippen LogP contribution in [0.4, 0.5) is 26.3 Å². The molecule has 0 aliphatic heterocycles. The maximum atomic E-state index is 12.2. The number of ether oxygens (including phenoxy) is 4. The van der Waals surface area contributed by atoms with Gasteiger partial charge in [0, 0.05) is 6.07 Å². The maximum Gasteiger partial charge on any atom is 0.534 e. The van der Waals surface area contributed by atoms with E-state index in [4.69, 9.17) is 18.9 Å². The first-order valence-corrected chi connectivity index (χ1v) is 11.7. The topological polar surface area (TPSA) is 124 Å². The summed E-state index contributed by atoms with van der Waals surface area (Å²) in [7, 11) is -6.47. The molecular weight excluding hydrogens is 554 g/mol. The third-order valence-electron chi connectivity index (χ3n) is 3.69. The van der Waals surface area contributed by atoms with Gasteiger partial charge in [0.15, 0.2) is 23.0 Å². The van der Waals surface area contributed by atoms with Crippen molar-refractivity contribution in [3.05, 3.63) is 36.4 Å². The van der Waals surface area contributed by atoms with Gasteiger partial charge in [-0.1, -0.05) is 6.07 Å². The smallest absolute Gasteiger partial charge is 0.493 e. The molecule has 0 unspecified atom stereocenters. The van der Waals surface area contributed by atoms with Crippen molar-refractivity contribution in [2.24, 2.45) is 0 Å². The zero-order valence-corrected chi connectivity index (χ0v) is 20.3. The van der Waals surface area contributed by atoms with Crippen LogP contribution in [0.3, 0.4) is 0 Å². The lowest BCUT2D eigenvalue weighted by Crippen LogP contribution is -2.28. The van der Waals surface area contributed by atoms with Crippen LogP contribution in [-0.4, -0.2) is 56.3 Å². The van der Waals surface area contributed by atoms with Gasteiger partial charge in [0.05, 0.1) is 28.4 Å². The molecular formula is C18H18F6O10S2. The van der Waals surface area contributed by atoms with Crippen LogP contribution in [0.5, 0.6) is 34.5 Å². The quantitative estimate of drug-likeness (QED) is 0.262. The maximum absolute atomic E-state index is 12.2. The third kappa shape index (κ3) is 7.61. The van der Waals surface area contributed by atoms with Crippen molar-refractivity contribution in [3.63, 3.8) is 0 Å². The van der Waals surface area contributed by atoms with E-state index >= 15 is 0 Å². The van der Waals surface area contributed by atoms with Crippen molar-refractivity contribution in [3.8, 4) is 34.5 Å². The Labute approximate surface area is 201 Å². The summed E-state index contributed by atoms with van der Waals surface area (Å²) in [5.74, 6) is -1.04. The highest BCUT2D eigenvalue weighted by Crippen LogP contribution is 2.39. The van der Waals surface area contributed by atoms with Crippen molar-refractivity contribution in [1.29, 1.82) is 0 Å². The molecule has 10 nitrogen and oxygen atoms in total. The van der Waals surface area contributed by atoms with Crippen molar-refractivity contribution in [2.45, 2.75) is 11.0 Å². The van der Waals surface area contributed by atoms with E-state index in [-0.39, 0.29) is 23.0 Å². The Morgan fingerprint density at radius 3 is 1.50 bits per heavy atom. The van der Waals surface area contributed by atoms with Crippen LogP contribution >= 0.6 is 0 Å². The van der Waals surface area contributed by atoms with Gasteiger partial charge in [0.1, 0.15) is 5.75 Å². The summed E-state index contributed by atoms with van der Waals surface area (Å²) in [6, 6.07) is 6.88. The van der Waals surface area contributed by atoms with E-state index in [1.807, 2.05) is 0 Å². The Bertz CT molecular complexity index is 1240. The summed E-state index contributed by atoms with van der Waals surface area (Å²) in [5.41, 5.74) is -11.0. The molecule has 0 spiro atoms. The van der Waals surface area contributed by atoms with Crippen LogP contribution in [0.15, 0.2) is 36.4 Å². The van der Waals surface area contributed by atoms with Gasteiger partial charge in [0.2, 0.25) is 5.75 Å². The van der Waals surface area contributed by atoms with E-state index in [2.05, 4.69) is 8.37 Å². The van der Waals surface area contributed by atoms with Gasteiger partial charge < -0.3 is 27.3 Å². The lowest BCUT2D eigenvalue weighted by Gasteiger charge is -2.14. The molecule has 0 N–H and O–H groups in total. The highest BCUT2D eigenvalue weighted by atomic mass is 32.2. The van der Waals surface area contributed by atoms with Crippen molar-refractivity contribution in [1.82, 2.24) is 0 Å². The summed E-state index contributed by atoms with van der Waals surface area (Å²) >= 11 is 0. The van der Waals surface area contributed by atoms with Gasteiger partial charge in [-0.05, 0) is 24.3 Å².